The Hall–Kier alpha value is -1.46. The lowest BCUT2D eigenvalue weighted by molar-refractivity contribution is -0.122. The number of aliphatic hydroxyl groups is 1. The monoisotopic (exact) mass is 646 g/mol. The highest BCUT2D eigenvalue weighted by molar-refractivity contribution is 5.77. The van der Waals surface area contributed by atoms with Crippen LogP contribution in [0.5, 0.6) is 0 Å². The van der Waals surface area contributed by atoms with Crippen LogP contribution in [0.3, 0.4) is 0 Å². The standard InChI is InChI=1S/C35H71N3O7/c1-6-8-9-10-11-12-13-14-15-16-17-18-19-20-21-36-33(40)32-37(7-2)22-26-43-30-31-44-28-24-38(23-27-42-29-25-39)34(41)45-35(3,4)5/h39H,6-32H2,1-5H3,(H,36,40). The molecular formula is C35H71N3O7. The summed E-state index contributed by atoms with van der Waals surface area (Å²) in [5.74, 6) is 0.0752. The fraction of sp³-hybridized carbons (Fsp3) is 0.943. The third-order valence-electron chi connectivity index (χ3n) is 7.49. The summed E-state index contributed by atoms with van der Waals surface area (Å²) in [4.78, 5) is 28.5. The van der Waals surface area contributed by atoms with Crippen LogP contribution < -0.4 is 5.32 Å². The number of hydrogen-bond donors (Lipinski definition) is 2. The number of carbonyl (C=O) groups excluding carboxylic acids is 2. The summed E-state index contributed by atoms with van der Waals surface area (Å²) >= 11 is 0. The van der Waals surface area contributed by atoms with Crippen molar-refractivity contribution in [2.45, 2.75) is 130 Å². The van der Waals surface area contributed by atoms with E-state index in [0.717, 1.165) is 19.5 Å². The zero-order valence-corrected chi connectivity index (χ0v) is 29.9. The van der Waals surface area contributed by atoms with E-state index in [4.69, 9.17) is 24.1 Å². The summed E-state index contributed by atoms with van der Waals surface area (Å²) < 4.78 is 22.1. The van der Waals surface area contributed by atoms with Gasteiger partial charge in [-0.15, -0.1) is 0 Å². The average molecular weight is 646 g/mol. The van der Waals surface area contributed by atoms with Gasteiger partial charge in [-0.05, 0) is 33.7 Å². The molecule has 10 heteroatoms. The number of nitrogens with zero attached hydrogens (tertiary/aromatic N) is 2. The molecule has 0 aliphatic carbocycles. The van der Waals surface area contributed by atoms with Gasteiger partial charge in [-0.3, -0.25) is 9.69 Å². The zero-order chi connectivity index (χ0) is 33.4. The molecule has 0 heterocycles. The Morgan fingerprint density at radius 2 is 1.11 bits per heavy atom. The third-order valence-corrected chi connectivity index (χ3v) is 7.49. The van der Waals surface area contributed by atoms with Crippen LogP contribution in [0, 0.1) is 0 Å². The molecule has 0 saturated carbocycles. The lowest BCUT2D eigenvalue weighted by Crippen LogP contribution is -2.40. The van der Waals surface area contributed by atoms with Crippen molar-refractivity contribution in [3.8, 4) is 0 Å². The van der Waals surface area contributed by atoms with E-state index in [1.165, 1.54) is 83.5 Å². The summed E-state index contributed by atoms with van der Waals surface area (Å²) in [6.45, 7) is 15.4. The molecule has 0 fully saturated rings. The molecule has 0 rings (SSSR count). The largest absolute Gasteiger partial charge is 0.444 e. The van der Waals surface area contributed by atoms with Crippen LogP contribution in [0.2, 0.25) is 0 Å². The third kappa shape index (κ3) is 30.9. The predicted octanol–water partition coefficient (Wildman–Crippen LogP) is 6.19. The quantitative estimate of drug-likeness (QED) is 0.0835. The molecule has 2 amide bonds. The van der Waals surface area contributed by atoms with E-state index in [0.29, 0.717) is 59.2 Å². The van der Waals surface area contributed by atoms with Gasteiger partial charge in [0.2, 0.25) is 5.91 Å². The van der Waals surface area contributed by atoms with Gasteiger partial charge >= 0.3 is 6.09 Å². The van der Waals surface area contributed by atoms with Crippen LogP contribution in [-0.2, 0) is 23.7 Å². The fourth-order valence-electron chi connectivity index (χ4n) is 4.81. The van der Waals surface area contributed by atoms with Gasteiger partial charge in [-0.1, -0.05) is 97.3 Å². The van der Waals surface area contributed by atoms with Crippen molar-refractivity contribution in [3.05, 3.63) is 0 Å². The number of likely N-dealkylation sites (N-methyl/N-ethyl adjacent to an activating group) is 1. The lowest BCUT2D eigenvalue weighted by Gasteiger charge is -2.27. The molecule has 0 aliphatic rings. The Balaban J connectivity index is 3.80. The Bertz CT molecular complexity index is 676. The van der Waals surface area contributed by atoms with Crippen LogP contribution in [0.4, 0.5) is 4.79 Å². The van der Waals surface area contributed by atoms with Crippen LogP contribution in [0.1, 0.15) is 125 Å². The van der Waals surface area contributed by atoms with E-state index < -0.39 is 11.7 Å². The molecule has 0 spiro atoms. The molecule has 0 radical (unpaired) electrons. The molecule has 2 N–H and O–H groups in total. The Morgan fingerprint density at radius 3 is 1.58 bits per heavy atom. The number of nitrogens with one attached hydrogen (secondary N) is 1. The van der Waals surface area contributed by atoms with Crippen molar-refractivity contribution in [2.24, 2.45) is 0 Å². The average Bonchev–Trinajstić information content (AvgIpc) is 2.99. The van der Waals surface area contributed by atoms with Crippen LogP contribution in [-0.4, -0.2) is 118 Å². The fourth-order valence-corrected chi connectivity index (χ4v) is 4.81. The van der Waals surface area contributed by atoms with Crippen LogP contribution >= 0.6 is 0 Å². The van der Waals surface area contributed by atoms with E-state index in [1.807, 2.05) is 20.8 Å². The van der Waals surface area contributed by atoms with Gasteiger partial charge in [0.25, 0.3) is 0 Å². The Kier molecular flexibility index (Phi) is 30.1. The second-order valence-corrected chi connectivity index (χ2v) is 12.8. The van der Waals surface area contributed by atoms with E-state index in [2.05, 4.69) is 24.1 Å². The SMILES string of the molecule is CCCCCCCCCCCCCCCCNC(=O)CN(CC)CCOCCOCCN(CCOCCO)C(=O)OC(C)(C)C. The summed E-state index contributed by atoms with van der Waals surface area (Å²) in [6.07, 6.45) is 18.3. The van der Waals surface area contributed by atoms with Crippen molar-refractivity contribution in [1.82, 2.24) is 15.1 Å². The lowest BCUT2D eigenvalue weighted by atomic mass is 10.0. The molecule has 268 valence electrons. The first-order valence-corrected chi connectivity index (χ1v) is 18.0. The highest BCUT2D eigenvalue weighted by Crippen LogP contribution is 2.13. The molecule has 0 aromatic heterocycles. The summed E-state index contributed by atoms with van der Waals surface area (Å²) in [6, 6.07) is 0. The van der Waals surface area contributed by atoms with Gasteiger partial charge in [0, 0.05) is 26.2 Å². The van der Waals surface area contributed by atoms with Crippen molar-refractivity contribution < 1.29 is 33.6 Å². The van der Waals surface area contributed by atoms with E-state index >= 15 is 0 Å². The first kappa shape index (κ1) is 43.5. The number of aliphatic hydroxyl groups excluding tert-OH is 1. The summed E-state index contributed by atoms with van der Waals surface area (Å²) in [5, 5.41) is 11.9. The van der Waals surface area contributed by atoms with Crippen molar-refractivity contribution in [2.75, 3.05) is 85.5 Å². The van der Waals surface area contributed by atoms with E-state index in [-0.39, 0.29) is 19.1 Å². The predicted molar refractivity (Wildman–Crippen MR) is 183 cm³/mol. The number of unbranched alkanes of at least 4 members (excludes halogenated alkanes) is 13. The maximum absolute atomic E-state index is 12.5. The summed E-state index contributed by atoms with van der Waals surface area (Å²) in [7, 11) is 0. The molecular weight excluding hydrogens is 574 g/mol. The number of rotatable bonds is 32. The van der Waals surface area contributed by atoms with Gasteiger partial charge in [0.15, 0.2) is 0 Å². The number of amides is 2. The first-order valence-electron chi connectivity index (χ1n) is 18.0. The number of hydrogen-bond acceptors (Lipinski definition) is 8. The highest BCUT2D eigenvalue weighted by atomic mass is 16.6. The summed E-state index contributed by atoms with van der Waals surface area (Å²) in [5.41, 5.74) is -0.589. The Labute approximate surface area is 276 Å². The minimum Gasteiger partial charge on any atom is -0.444 e. The number of carbonyl (C=O) groups is 2. The van der Waals surface area contributed by atoms with Crippen LogP contribution in [0.25, 0.3) is 0 Å². The number of ether oxygens (including phenoxy) is 4. The Morgan fingerprint density at radius 1 is 0.644 bits per heavy atom. The van der Waals surface area contributed by atoms with Gasteiger partial charge in [-0.25, -0.2) is 4.79 Å². The maximum Gasteiger partial charge on any atom is 0.410 e. The topological polar surface area (TPSA) is 110 Å². The molecule has 0 atom stereocenters. The highest BCUT2D eigenvalue weighted by Gasteiger charge is 2.21. The van der Waals surface area contributed by atoms with Gasteiger partial charge in [0.1, 0.15) is 5.60 Å². The molecule has 10 nitrogen and oxygen atoms in total. The smallest absolute Gasteiger partial charge is 0.410 e. The molecule has 0 unspecified atom stereocenters. The van der Waals surface area contributed by atoms with E-state index in [9.17, 15) is 9.59 Å². The molecule has 0 saturated heterocycles. The second-order valence-electron chi connectivity index (χ2n) is 12.8. The molecule has 0 aromatic rings. The van der Waals surface area contributed by atoms with Crippen molar-refractivity contribution in [3.63, 3.8) is 0 Å². The minimum atomic E-state index is -0.589. The van der Waals surface area contributed by atoms with Crippen molar-refractivity contribution >= 4 is 12.0 Å². The second kappa shape index (κ2) is 31.2. The van der Waals surface area contributed by atoms with Gasteiger partial charge in [-0.2, -0.15) is 0 Å². The first-order chi connectivity index (χ1) is 21.7. The molecule has 0 aliphatic heterocycles. The normalized spacial score (nSPS) is 11.7. The van der Waals surface area contributed by atoms with Gasteiger partial charge in [0.05, 0.1) is 52.8 Å². The maximum atomic E-state index is 12.5. The zero-order valence-electron chi connectivity index (χ0n) is 29.9. The van der Waals surface area contributed by atoms with Crippen molar-refractivity contribution in [1.29, 1.82) is 0 Å². The molecule has 0 aromatic carbocycles. The van der Waals surface area contributed by atoms with E-state index in [1.54, 1.807) is 4.90 Å². The molecule has 0 bridgehead atoms. The molecule has 45 heavy (non-hydrogen) atoms. The minimum absolute atomic E-state index is 0.0572. The van der Waals surface area contributed by atoms with Gasteiger partial charge < -0.3 is 34.3 Å². The van der Waals surface area contributed by atoms with Crippen LogP contribution in [0.15, 0.2) is 0 Å².